The summed E-state index contributed by atoms with van der Waals surface area (Å²) in [6, 6.07) is 15.8. The topological polar surface area (TPSA) is 74.1 Å². The van der Waals surface area contributed by atoms with Crippen LogP contribution in [0.3, 0.4) is 0 Å². The largest absolute Gasteiger partial charge is 0.497 e. The zero-order chi connectivity index (χ0) is 17.9. The number of allylic oxidation sites excluding steroid dienone is 1. The fourth-order valence-electron chi connectivity index (χ4n) is 2.98. The van der Waals surface area contributed by atoms with E-state index in [1.54, 1.807) is 11.8 Å². The van der Waals surface area contributed by atoms with E-state index in [9.17, 15) is 0 Å². The molecule has 7 nitrogen and oxygen atoms in total. The Morgan fingerprint density at radius 1 is 1.12 bits per heavy atom. The molecule has 2 heterocycles. The summed E-state index contributed by atoms with van der Waals surface area (Å²) in [7, 11) is 1.66. The van der Waals surface area contributed by atoms with Gasteiger partial charge in [-0.3, -0.25) is 0 Å². The third-order valence-corrected chi connectivity index (χ3v) is 4.24. The quantitative estimate of drug-likeness (QED) is 0.763. The summed E-state index contributed by atoms with van der Waals surface area (Å²) in [5.74, 6) is 2.25. The zero-order valence-corrected chi connectivity index (χ0v) is 14.6. The summed E-state index contributed by atoms with van der Waals surface area (Å²) in [6.45, 7) is 2.61. The van der Waals surface area contributed by atoms with Crippen LogP contribution >= 0.6 is 0 Å². The SMILES string of the molecule is CCOc1ccc([C@H]2C=C(c3cccc(OC)c3)Nc3nnnn32)cc1. The molecular formula is C19H19N5O2. The van der Waals surface area contributed by atoms with Gasteiger partial charge in [0.2, 0.25) is 5.95 Å². The van der Waals surface area contributed by atoms with Gasteiger partial charge in [-0.1, -0.05) is 29.4 Å². The molecule has 7 heteroatoms. The van der Waals surface area contributed by atoms with E-state index in [0.717, 1.165) is 28.3 Å². The minimum atomic E-state index is -0.113. The van der Waals surface area contributed by atoms with Crippen LogP contribution in [0.2, 0.25) is 0 Å². The average molecular weight is 349 g/mol. The highest BCUT2D eigenvalue weighted by molar-refractivity contribution is 5.77. The van der Waals surface area contributed by atoms with E-state index in [1.165, 1.54) is 0 Å². The van der Waals surface area contributed by atoms with Crippen molar-refractivity contribution in [1.29, 1.82) is 0 Å². The van der Waals surface area contributed by atoms with Gasteiger partial charge in [0.05, 0.1) is 13.7 Å². The molecular weight excluding hydrogens is 330 g/mol. The number of anilines is 1. The van der Waals surface area contributed by atoms with Gasteiger partial charge in [0.25, 0.3) is 0 Å². The molecule has 3 aromatic rings. The maximum absolute atomic E-state index is 5.53. The number of nitrogens with one attached hydrogen (secondary N) is 1. The number of rotatable bonds is 5. The van der Waals surface area contributed by atoms with Crippen LogP contribution in [0.1, 0.15) is 24.1 Å². The summed E-state index contributed by atoms with van der Waals surface area (Å²) in [6.07, 6.45) is 2.10. The Morgan fingerprint density at radius 3 is 2.73 bits per heavy atom. The molecule has 0 fully saturated rings. The summed E-state index contributed by atoms with van der Waals surface area (Å²) < 4.78 is 12.6. The van der Waals surface area contributed by atoms with Crippen molar-refractivity contribution in [2.45, 2.75) is 13.0 Å². The number of ether oxygens (including phenoxy) is 2. The van der Waals surface area contributed by atoms with Gasteiger partial charge < -0.3 is 14.8 Å². The van der Waals surface area contributed by atoms with Gasteiger partial charge in [0.15, 0.2) is 0 Å². The molecule has 1 N–H and O–H groups in total. The van der Waals surface area contributed by atoms with Gasteiger partial charge in [-0.05, 0) is 53.3 Å². The third-order valence-electron chi connectivity index (χ3n) is 4.24. The maximum atomic E-state index is 5.53. The first kappa shape index (κ1) is 16.1. The van der Waals surface area contributed by atoms with Crippen molar-refractivity contribution in [3.8, 4) is 11.5 Å². The summed E-state index contributed by atoms with van der Waals surface area (Å²) in [4.78, 5) is 0. The van der Waals surface area contributed by atoms with Gasteiger partial charge in [0, 0.05) is 11.3 Å². The first-order valence-electron chi connectivity index (χ1n) is 8.42. The second-order valence-electron chi connectivity index (χ2n) is 5.83. The Kier molecular flexibility index (Phi) is 4.27. The van der Waals surface area contributed by atoms with Crippen LogP contribution in [0.5, 0.6) is 11.5 Å². The number of tetrazole rings is 1. The molecule has 0 saturated carbocycles. The molecule has 26 heavy (non-hydrogen) atoms. The average Bonchev–Trinajstić information content (AvgIpc) is 3.17. The lowest BCUT2D eigenvalue weighted by Gasteiger charge is -2.23. The molecule has 0 aliphatic carbocycles. The van der Waals surface area contributed by atoms with Crippen LogP contribution in [-0.4, -0.2) is 33.9 Å². The monoisotopic (exact) mass is 349 g/mol. The van der Waals surface area contributed by atoms with Crippen molar-refractivity contribution in [3.05, 3.63) is 65.7 Å². The normalized spacial score (nSPS) is 15.6. The summed E-state index contributed by atoms with van der Waals surface area (Å²) in [5, 5.41) is 15.3. The molecule has 2 aromatic carbocycles. The Bertz CT molecular complexity index is 933. The van der Waals surface area contributed by atoms with Crippen LogP contribution < -0.4 is 14.8 Å². The summed E-state index contributed by atoms with van der Waals surface area (Å²) >= 11 is 0. The van der Waals surface area contributed by atoms with E-state index >= 15 is 0 Å². The van der Waals surface area contributed by atoms with Crippen LogP contribution in [-0.2, 0) is 0 Å². The Balaban J connectivity index is 1.73. The van der Waals surface area contributed by atoms with E-state index in [2.05, 4.69) is 26.9 Å². The molecule has 0 amide bonds. The number of nitrogens with zero attached hydrogens (tertiary/aromatic N) is 4. The first-order chi connectivity index (χ1) is 12.8. The summed E-state index contributed by atoms with van der Waals surface area (Å²) in [5.41, 5.74) is 3.02. The van der Waals surface area contributed by atoms with Crippen LogP contribution in [0, 0.1) is 0 Å². The highest BCUT2D eigenvalue weighted by Gasteiger charge is 2.24. The third kappa shape index (κ3) is 2.99. The lowest BCUT2D eigenvalue weighted by molar-refractivity contribution is 0.340. The lowest BCUT2D eigenvalue weighted by Crippen LogP contribution is -2.20. The Hall–Kier alpha value is -3.35. The second-order valence-corrected chi connectivity index (χ2v) is 5.83. The number of benzene rings is 2. The smallest absolute Gasteiger partial charge is 0.248 e. The highest BCUT2D eigenvalue weighted by Crippen LogP contribution is 2.33. The molecule has 0 unspecified atom stereocenters. The van der Waals surface area contributed by atoms with Crippen molar-refractivity contribution in [2.24, 2.45) is 0 Å². The molecule has 1 atom stereocenters. The lowest BCUT2D eigenvalue weighted by atomic mass is 10.0. The molecule has 0 spiro atoms. The number of methoxy groups -OCH3 is 1. The number of aromatic nitrogens is 4. The van der Waals surface area contributed by atoms with Gasteiger partial charge in [-0.2, -0.15) is 4.68 Å². The molecule has 132 valence electrons. The van der Waals surface area contributed by atoms with Crippen LogP contribution in [0.4, 0.5) is 5.95 Å². The van der Waals surface area contributed by atoms with Gasteiger partial charge >= 0.3 is 0 Å². The van der Waals surface area contributed by atoms with Crippen molar-refractivity contribution in [1.82, 2.24) is 20.2 Å². The van der Waals surface area contributed by atoms with Crippen LogP contribution in [0.25, 0.3) is 5.70 Å². The molecule has 4 rings (SSSR count). The molecule has 1 aliphatic heterocycles. The maximum Gasteiger partial charge on any atom is 0.248 e. The van der Waals surface area contributed by atoms with Crippen LogP contribution in [0.15, 0.2) is 54.6 Å². The molecule has 1 aliphatic rings. The predicted molar refractivity (Wildman–Crippen MR) is 98.2 cm³/mol. The van der Waals surface area contributed by atoms with E-state index < -0.39 is 0 Å². The standard InChI is InChI=1S/C19H19N5O2/c1-3-26-15-9-7-13(8-10-15)18-12-17(20-19-21-22-23-24(18)19)14-5-4-6-16(11-14)25-2/h4-12,18H,3H2,1-2H3,(H,20,21,23)/t18-/m1/s1. The minimum Gasteiger partial charge on any atom is -0.497 e. The van der Waals surface area contributed by atoms with Crippen molar-refractivity contribution in [2.75, 3.05) is 19.0 Å². The van der Waals surface area contributed by atoms with Crippen molar-refractivity contribution < 1.29 is 9.47 Å². The van der Waals surface area contributed by atoms with Gasteiger partial charge in [0.1, 0.15) is 17.5 Å². The van der Waals surface area contributed by atoms with Gasteiger partial charge in [-0.15, -0.1) is 0 Å². The molecule has 0 saturated heterocycles. The minimum absolute atomic E-state index is 0.113. The molecule has 1 aromatic heterocycles. The number of hydrogen-bond donors (Lipinski definition) is 1. The molecule has 0 bridgehead atoms. The van der Waals surface area contributed by atoms with E-state index in [4.69, 9.17) is 9.47 Å². The second kappa shape index (κ2) is 6.87. The van der Waals surface area contributed by atoms with Gasteiger partial charge in [-0.25, -0.2) is 0 Å². The Labute approximate surface area is 151 Å². The Morgan fingerprint density at radius 2 is 1.96 bits per heavy atom. The van der Waals surface area contributed by atoms with Crippen molar-refractivity contribution in [3.63, 3.8) is 0 Å². The fraction of sp³-hybridized carbons (Fsp3) is 0.211. The first-order valence-corrected chi connectivity index (χ1v) is 8.42. The van der Waals surface area contributed by atoms with E-state index in [0.29, 0.717) is 12.6 Å². The number of fused-ring (bicyclic) bond motifs is 1. The predicted octanol–water partition coefficient (Wildman–Crippen LogP) is 3.14. The highest BCUT2D eigenvalue weighted by atomic mass is 16.5. The molecule has 0 radical (unpaired) electrons. The van der Waals surface area contributed by atoms with E-state index in [1.807, 2.05) is 55.5 Å². The zero-order valence-electron chi connectivity index (χ0n) is 14.6. The van der Waals surface area contributed by atoms with E-state index in [-0.39, 0.29) is 6.04 Å². The van der Waals surface area contributed by atoms with Crippen molar-refractivity contribution >= 4 is 11.6 Å². The number of hydrogen-bond acceptors (Lipinski definition) is 6. The fourth-order valence-corrected chi connectivity index (χ4v) is 2.98.